The van der Waals surface area contributed by atoms with E-state index in [1.54, 1.807) is 0 Å². The lowest BCUT2D eigenvalue weighted by Gasteiger charge is -2.43. The highest BCUT2D eigenvalue weighted by atomic mass is 19.4. The summed E-state index contributed by atoms with van der Waals surface area (Å²) in [5.74, 6) is -30.0. The fourth-order valence-corrected chi connectivity index (χ4v) is 1.50. The average Bonchev–Trinajstić information content (AvgIpc) is 2.21. The fraction of sp³-hybridized carbons (Fsp3) is 0.875. The van der Waals surface area contributed by atoms with E-state index >= 15 is 0 Å². The van der Waals surface area contributed by atoms with Gasteiger partial charge in [-0.1, -0.05) is 0 Å². The van der Waals surface area contributed by atoms with E-state index in [4.69, 9.17) is 5.11 Å². The molecule has 0 saturated carbocycles. The third kappa shape index (κ3) is 2.74. The lowest BCUT2D eigenvalue weighted by molar-refractivity contribution is -0.459. The molecule has 0 aliphatic rings. The zero-order chi connectivity index (χ0) is 21.1. The zero-order valence-electron chi connectivity index (χ0n) is 10.5. The minimum absolute atomic E-state index is 4.87. The summed E-state index contributed by atoms with van der Waals surface area (Å²) >= 11 is 0. The van der Waals surface area contributed by atoms with E-state index in [2.05, 4.69) is 0 Å². The van der Waals surface area contributed by atoms with Gasteiger partial charge in [-0.2, -0.15) is 65.9 Å². The highest BCUT2D eigenvalue weighted by molar-refractivity contribution is 5.79. The van der Waals surface area contributed by atoms with Crippen LogP contribution in [-0.4, -0.2) is 47.4 Å². The molecule has 0 fully saturated rings. The topological polar surface area (TPSA) is 37.3 Å². The van der Waals surface area contributed by atoms with Crippen molar-refractivity contribution < 1.29 is 75.8 Å². The summed E-state index contributed by atoms with van der Waals surface area (Å²) in [6.45, 7) is 0. The summed E-state index contributed by atoms with van der Waals surface area (Å²) in [5.41, 5.74) is -7.97. The average molecular weight is 414 g/mol. The standard InChI is InChI=1S/C8HF15O2/c9-3(10,4(11,12)5(13,14)8(21,22)23)2(1(24)25,6(15,16)17)7(18,19)20/h(H,24,25). The molecule has 150 valence electrons. The van der Waals surface area contributed by atoms with Crippen molar-refractivity contribution in [3.8, 4) is 0 Å². The van der Waals surface area contributed by atoms with Gasteiger partial charge in [0.25, 0.3) is 0 Å². The van der Waals surface area contributed by atoms with Gasteiger partial charge < -0.3 is 5.11 Å². The van der Waals surface area contributed by atoms with E-state index in [1.807, 2.05) is 0 Å². The maximum absolute atomic E-state index is 13.2. The Labute approximate surface area is 125 Å². The molecule has 0 aliphatic heterocycles. The van der Waals surface area contributed by atoms with Crippen LogP contribution in [0.5, 0.6) is 0 Å². The van der Waals surface area contributed by atoms with Gasteiger partial charge in [0.2, 0.25) is 0 Å². The molecular weight excluding hydrogens is 413 g/mol. The molecule has 0 aromatic heterocycles. The van der Waals surface area contributed by atoms with Gasteiger partial charge >= 0.3 is 47.7 Å². The number of hydrogen-bond donors (Lipinski definition) is 1. The molecule has 0 saturated heterocycles. The van der Waals surface area contributed by atoms with Crippen molar-refractivity contribution in [2.45, 2.75) is 36.3 Å². The van der Waals surface area contributed by atoms with Crippen LogP contribution in [0.15, 0.2) is 0 Å². The molecule has 0 spiro atoms. The first kappa shape index (κ1) is 23.4. The summed E-state index contributed by atoms with van der Waals surface area (Å²) in [5, 5.41) is 7.88. The molecule has 2 nitrogen and oxygen atoms in total. The highest BCUT2D eigenvalue weighted by Crippen LogP contribution is 2.66. The third-order valence-corrected chi connectivity index (χ3v) is 2.79. The minimum Gasteiger partial charge on any atom is -0.480 e. The number of halogens is 15. The zero-order valence-corrected chi connectivity index (χ0v) is 10.5. The van der Waals surface area contributed by atoms with Crippen molar-refractivity contribution in [3.63, 3.8) is 0 Å². The number of carboxylic acids is 1. The maximum Gasteiger partial charge on any atom is 0.460 e. The lowest BCUT2D eigenvalue weighted by Crippen LogP contribution is -2.75. The van der Waals surface area contributed by atoms with E-state index in [-0.39, 0.29) is 0 Å². The first-order valence-corrected chi connectivity index (χ1v) is 5.01. The molecule has 0 amide bonds. The van der Waals surface area contributed by atoms with Gasteiger partial charge in [-0.3, -0.25) is 4.79 Å². The number of carbonyl (C=O) groups is 1. The molecule has 1 N–H and O–H groups in total. The second-order valence-electron chi connectivity index (χ2n) is 4.27. The molecule has 0 radical (unpaired) electrons. The lowest BCUT2D eigenvalue weighted by atomic mass is 9.74. The second-order valence-corrected chi connectivity index (χ2v) is 4.27. The van der Waals surface area contributed by atoms with Crippen LogP contribution in [-0.2, 0) is 4.79 Å². The van der Waals surface area contributed by atoms with Crippen LogP contribution in [0, 0.1) is 5.41 Å². The normalized spacial score (nSPS) is 16.1. The molecule has 0 unspecified atom stereocenters. The molecule has 0 heterocycles. The number of aliphatic carboxylic acids is 1. The number of carboxylic acid groups (broad SMARTS) is 1. The molecule has 0 atom stereocenters. The molecule has 17 heteroatoms. The Morgan fingerprint density at radius 1 is 0.480 bits per heavy atom. The van der Waals surface area contributed by atoms with Crippen LogP contribution in [0.4, 0.5) is 65.9 Å². The van der Waals surface area contributed by atoms with E-state index in [0.29, 0.717) is 0 Å². The molecule has 0 aromatic carbocycles. The van der Waals surface area contributed by atoms with Gasteiger partial charge in [0, 0.05) is 0 Å². The smallest absolute Gasteiger partial charge is 0.460 e. The van der Waals surface area contributed by atoms with Crippen LogP contribution in [0.3, 0.4) is 0 Å². The van der Waals surface area contributed by atoms with Gasteiger partial charge in [-0.15, -0.1) is 0 Å². The van der Waals surface area contributed by atoms with E-state index in [0.717, 1.165) is 0 Å². The Bertz CT molecular complexity index is 507. The van der Waals surface area contributed by atoms with Crippen LogP contribution in [0.2, 0.25) is 0 Å². The van der Waals surface area contributed by atoms with Crippen LogP contribution in [0.25, 0.3) is 0 Å². The molecule has 0 bridgehead atoms. The van der Waals surface area contributed by atoms with Crippen molar-refractivity contribution in [1.82, 2.24) is 0 Å². The fourth-order valence-electron chi connectivity index (χ4n) is 1.50. The predicted octanol–water partition coefficient (Wildman–Crippen LogP) is 4.65. The Kier molecular flexibility index (Phi) is 5.11. The van der Waals surface area contributed by atoms with Crippen LogP contribution in [0.1, 0.15) is 0 Å². The number of hydrogen-bond acceptors (Lipinski definition) is 1. The summed E-state index contributed by atoms with van der Waals surface area (Å²) in [6.07, 6.45) is -23.7. The summed E-state index contributed by atoms with van der Waals surface area (Å²) < 4.78 is 187. The quantitative estimate of drug-likeness (QED) is 0.681. The van der Waals surface area contributed by atoms with Gasteiger partial charge in [0.1, 0.15) is 0 Å². The maximum atomic E-state index is 13.2. The summed E-state index contributed by atoms with van der Waals surface area (Å²) in [7, 11) is 0. The van der Waals surface area contributed by atoms with Crippen molar-refractivity contribution in [2.24, 2.45) is 5.41 Å². The van der Waals surface area contributed by atoms with Gasteiger partial charge in [0.15, 0.2) is 0 Å². The number of rotatable bonds is 4. The van der Waals surface area contributed by atoms with Crippen molar-refractivity contribution >= 4 is 5.97 Å². The van der Waals surface area contributed by atoms with Gasteiger partial charge in [-0.05, 0) is 0 Å². The van der Waals surface area contributed by atoms with E-state index in [1.165, 1.54) is 0 Å². The third-order valence-electron chi connectivity index (χ3n) is 2.79. The Hall–Kier alpha value is -1.58. The minimum atomic E-state index is -8.51. The van der Waals surface area contributed by atoms with Gasteiger partial charge in [-0.25, -0.2) is 0 Å². The van der Waals surface area contributed by atoms with E-state index in [9.17, 15) is 70.7 Å². The molecule has 0 aromatic rings. The first-order valence-electron chi connectivity index (χ1n) is 5.01. The number of alkyl halides is 15. The Morgan fingerprint density at radius 3 is 0.920 bits per heavy atom. The monoisotopic (exact) mass is 414 g/mol. The first-order chi connectivity index (χ1) is 10.4. The molecule has 0 rings (SSSR count). The van der Waals surface area contributed by atoms with Gasteiger partial charge in [0.05, 0.1) is 0 Å². The Balaban J connectivity index is 7.13. The Morgan fingerprint density at radius 2 is 0.760 bits per heavy atom. The predicted molar refractivity (Wildman–Crippen MR) is 43.1 cm³/mol. The SMILES string of the molecule is O=C(O)C(C(F)(F)F)(C(F)(F)F)C(F)(F)C(F)(F)C(F)(F)C(F)(F)F. The van der Waals surface area contributed by atoms with Crippen LogP contribution >= 0.6 is 0 Å². The van der Waals surface area contributed by atoms with Crippen molar-refractivity contribution in [3.05, 3.63) is 0 Å². The highest BCUT2D eigenvalue weighted by Gasteiger charge is 2.97. The largest absolute Gasteiger partial charge is 0.480 e. The molecule has 25 heavy (non-hydrogen) atoms. The van der Waals surface area contributed by atoms with Crippen molar-refractivity contribution in [1.29, 1.82) is 0 Å². The molecular formula is C8HF15O2. The van der Waals surface area contributed by atoms with Crippen molar-refractivity contribution in [2.75, 3.05) is 0 Å². The summed E-state index contributed by atoms with van der Waals surface area (Å²) in [6, 6.07) is 0. The summed E-state index contributed by atoms with van der Waals surface area (Å²) in [4.78, 5) is 10.2. The van der Waals surface area contributed by atoms with E-state index < -0.39 is 47.7 Å². The molecule has 0 aliphatic carbocycles. The van der Waals surface area contributed by atoms with Crippen LogP contribution < -0.4 is 0 Å². The second kappa shape index (κ2) is 5.46.